The van der Waals surface area contributed by atoms with Gasteiger partial charge in [-0.05, 0) is 43.5 Å². The van der Waals surface area contributed by atoms with Gasteiger partial charge in [0, 0.05) is 30.2 Å². The average Bonchev–Trinajstić information content (AvgIpc) is 3.06. The van der Waals surface area contributed by atoms with Crippen LogP contribution in [0.4, 0.5) is 0 Å². The zero-order valence-corrected chi connectivity index (χ0v) is 14.3. The predicted molar refractivity (Wildman–Crippen MR) is 96.3 cm³/mol. The molecule has 1 aromatic heterocycles. The van der Waals surface area contributed by atoms with Crippen molar-refractivity contribution in [3.63, 3.8) is 0 Å². The van der Waals surface area contributed by atoms with Gasteiger partial charge < -0.3 is 15.2 Å². The van der Waals surface area contributed by atoms with Crippen LogP contribution in [0.25, 0.3) is 10.9 Å². The molecule has 0 unspecified atom stereocenters. The second kappa shape index (κ2) is 6.88. The lowest BCUT2D eigenvalue weighted by atomic mass is 9.93. The van der Waals surface area contributed by atoms with Crippen LogP contribution in [0, 0.1) is 0 Å². The Labute approximate surface area is 147 Å². The molecule has 0 aliphatic carbocycles. The number of benzene rings is 1. The van der Waals surface area contributed by atoms with Crippen molar-refractivity contribution in [3.05, 3.63) is 36.0 Å². The maximum atomic E-state index is 12.4. The predicted octanol–water partition coefficient (Wildman–Crippen LogP) is 1.31. The van der Waals surface area contributed by atoms with Crippen molar-refractivity contribution in [2.24, 2.45) is 0 Å². The molecule has 6 heteroatoms. The van der Waals surface area contributed by atoms with E-state index in [0.717, 1.165) is 25.9 Å². The first-order chi connectivity index (χ1) is 12.2. The van der Waals surface area contributed by atoms with Crippen molar-refractivity contribution in [2.75, 3.05) is 39.3 Å². The highest BCUT2D eigenvalue weighted by molar-refractivity contribution is 5.86. The molecule has 2 aliphatic heterocycles. The number of piperazine rings is 1. The number of carbonyl (C=O) groups is 2. The van der Waals surface area contributed by atoms with Crippen LogP contribution in [0.5, 0.6) is 0 Å². The molecule has 0 atom stereocenters. The topological polar surface area (TPSA) is 68.4 Å². The summed E-state index contributed by atoms with van der Waals surface area (Å²) in [5.74, 6) is 0.538. The molecule has 2 aromatic rings. The van der Waals surface area contributed by atoms with Crippen molar-refractivity contribution in [1.29, 1.82) is 0 Å². The Hall–Kier alpha value is -2.34. The number of hydrogen-bond donors (Lipinski definition) is 2. The second-order valence-electron chi connectivity index (χ2n) is 7.03. The van der Waals surface area contributed by atoms with E-state index in [1.54, 1.807) is 4.90 Å². The van der Waals surface area contributed by atoms with Crippen LogP contribution in [0.1, 0.15) is 24.5 Å². The standard InChI is InChI=1S/C19H24N4O2/c24-18-12-23(10-7-20-18)19(25)13-22-8-5-14(6-9-22)17-11-15-3-1-2-4-16(15)21-17/h1-4,11,14,21H,5-10,12-13H2,(H,20,24). The third kappa shape index (κ3) is 3.54. The number of rotatable bonds is 3. The molecule has 3 heterocycles. The highest BCUT2D eigenvalue weighted by Crippen LogP contribution is 2.29. The molecule has 0 spiro atoms. The van der Waals surface area contributed by atoms with E-state index in [4.69, 9.17) is 0 Å². The maximum Gasteiger partial charge on any atom is 0.239 e. The van der Waals surface area contributed by atoms with Gasteiger partial charge in [-0.25, -0.2) is 0 Å². The molecule has 2 fully saturated rings. The molecule has 2 saturated heterocycles. The Bertz CT molecular complexity index is 744. The second-order valence-corrected chi connectivity index (χ2v) is 7.03. The van der Waals surface area contributed by atoms with E-state index in [-0.39, 0.29) is 18.4 Å². The molecule has 0 bridgehead atoms. The quantitative estimate of drug-likeness (QED) is 0.885. The summed E-state index contributed by atoms with van der Waals surface area (Å²) in [5.41, 5.74) is 2.50. The van der Waals surface area contributed by atoms with Crippen molar-refractivity contribution >= 4 is 22.7 Å². The molecular weight excluding hydrogens is 316 g/mol. The zero-order valence-electron chi connectivity index (χ0n) is 14.3. The smallest absolute Gasteiger partial charge is 0.239 e. The molecule has 25 heavy (non-hydrogen) atoms. The molecule has 2 N–H and O–H groups in total. The lowest BCUT2D eigenvalue weighted by Gasteiger charge is -2.33. The van der Waals surface area contributed by atoms with Crippen molar-refractivity contribution in [2.45, 2.75) is 18.8 Å². The van der Waals surface area contributed by atoms with Crippen LogP contribution in [0.15, 0.2) is 30.3 Å². The number of likely N-dealkylation sites (tertiary alicyclic amines) is 1. The summed E-state index contributed by atoms with van der Waals surface area (Å²) < 4.78 is 0. The van der Waals surface area contributed by atoms with E-state index in [1.807, 2.05) is 0 Å². The van der Waals surface area contributed by atoms with Crippen molar-refractivity contribution < 1.29 is 9.59 Å². The van der Waals surface area contributed by atoms with Gasteiger partial charge in [-0.1, -0.05) is 18.2 Å². The van der Waals surface area contributed by atoms with Crippen LogP contribution < -0.4 is 5.32 Å². The van der Waals surface area contributed by atoms with E-state index in [0.29, 0.717) is 25.6 Å². The van der Waals surface area contributed by atoms with E-state index in [1.165, 1.54) is 16.6 Å². The van der Waals surface area contributed by atoms with Gasteiger partial charge in [0.15, 0.2) is 0 Å². The number of nitrogens with one attached hydrogen (secondary N) is 2. The van der Waals surface area contributed by atoms with Gasteiger partial charge in [-0.2, -0.15) is 0 Å². The minimum Gasteiger partial charge on any atom is -0.358 e. The molecule has 1 aromatic carbocycles. The largest absolute Gasteiger partial charge is 0.358 e. The Morgan fingerprint density at radius 2 is 1.96 bits per heavy atom. The van der Waals surface area contributed by atoms with Gasteiger partial charge in [0.2, 0.25) is 11.8 Å². The summed E-state index contributed by atoms with van der Waals surface area (Å²) >= 11 is 0. The number of nitrogens with zero attached hydrogens (tertiary/aromatic N) is 2. The van der Waals surface area contributed by atoms with Gasteiger partial charge in [-0.15, -0.1) is 0 Å². The number of aromatic nitrogens is 1. The zero-order chi connectivity index (χ0) is 17.2. The van der Waals surface area contributed by atoms with E-state index in [2.05, 4.69) is 45.5 Å². The third-order valence-electron chi connectivity index (χ3n) is 5.33. The molecule has 4 rings (SSSR count). The fraction of sp³-hybridized carbons (Fsp3) is 0.474. The highest BCUT2D eigenvalue weighted by atomic mass is 16.2. The first-order valence-corrected chi connectivity index (χ1v) is 9.03. The molecule has 0 saturated carbocycles. The lowest BCUT2D eigenvalue weighted by molar-refractivity contribution is -0.139. The summed E-state index contributed by atoms with van der Waals surface area (Å²) in [6.07, 6.45) is 2.11. The first kappa shape index (κ1) is 16.1. The molecule has 6 nitrogen and oxygen atoms in total. The number of piperidine rings is 1. The number of carbonyl (C=O) groups excluding carboxylic acids is 2. The van der Waals surface area contributed by atoms with Crippen LogP contribution in [0.2, 0.25) is 0 Å². The minimum atomic E-state index is -0.0582. The Kier molecular flexibility index (Phi) is 4.44. The summed E-state index contributed by atoms with van der Waals surface area (Å²) in [6, 6.07) is 10.6. The first-order valence-electron chi connectivity index (χ1n) is 9.03. The lowest BCUT2D eigenvalue weighted by Crippen LogP contribution is -2.52. The van der Waals surface area contributed by atoms with E-state index >= 15 is 0 Å². The molecule has 0 radical (unpaired) electrons. The van der Waals surface area contributed by atoms with Crippen LogP contribution in [-0.4, -0.2) is 65.9 Å². The minimum absolute atomic E-state index is 0.0582. The number of amides is 2. The Morgan fingerprint density at radius 3 is 2.72 bits per heavy atom. The summed E-state index contributed by atoms with van der Waals surface area (Å²) in [5, 5.41) is 4.02. The molecule has 2 amide bonds. The SMILES string of the molecule is O=C1CN(C(=O)CN2CCC(c3cc4ccccc4[nH]3)CC2)CCN1. The Morgan fingerprint density at radius 1 is 1.16 bits per heavy atom. The summed E-state index contributed by atoms with van der Waals surface area (Å²) in [7, 11) is 0. The van der Waals surface area contributed by atoms with E-state index < -0.39 is 0 Å². The number of para-hydroxylation sites is 1. The summed E-state index contributed by atoms with van der Waals surface area (Å²) in [6.45, 7) is 3.65. The number of aromatic amines is 1. The fourth-order valence-electron chi connectivity index (χ4n) is 3.86. The van der Waals surface area contributed by atoms with Gasteiger partial charge in [-0.3, -0.25) is 14.5 Å². The van der Waals surface area contributed by atoms with Crippen LogP contribution >= 0.6 is 0 Å². The van der Waals surface area contributed by atoms with Gasteiger partial charge in [0.05, 0.1) is 13.1 Å². The maximum absolute atomic E-state index is 12.4. The Balaban J connectivity index is 1.32. The monoisotopic (exact) mass is 340 g/mol. The van der Waals surface area contributed by atoms with Crippen molar-refractivity contribution in [1.82, 2.24) is 20.1 Å². The highest BCUT2D eigenvalue weighted by Gasteiger charge is 2.26. The van der Waals surface area contributed by atoms with Gasteiger partial charge in [0.25, 0.3) is 0 Å². The van der Waals surface area contributed by atoms with E-state index in [9.17, 15) is 9.59 Å². The van der Waals surface area contributed by atoms with Gasteiger partial charge >= 0.3 is 0 Å². The van der Waals surface area contributed by atoms with Crippen LogP contribution in [-0.2, 0) is 9.59 Å². The van der Waals surface area contributed by atoms with Crippen molar-refractivity contribution in [3.8, 4) is 0 Å². The average molecular weight is 340 g/mol. The normalized spacial score (nSPS) is 20.0. The number of fused-ring (bicyclic) bond motifs is 1. The van der Waals surface area contributed by atoms with Gasteiger partial charge in [0.1, 0.15) is 0 Å². The summed E-state index contributed by atoms with van der Waals surface area (Å²) in [4.78, 5) is 31.2. The fourth-order valence-corrected chi connectivity index (χ4v) is 3.86. The third-order valence-corrected chi connectivity index (χ3v) is 5.33. The molecule has 2 aliphatic rings. The molecule has 132 valence electrons. The number of hydrogen-bond acceptors (Lipinski definition) is 3. The number of H-pyrrole nitrogens is 1. The molecular formula is C19H24N4O2. The van der Waals surface area contributed by atoms with Crippen LogP contribution in [0.3, 0.4) is 0 Å².